The van der Waals surface area contributed by atoms with E-state index in [1.165, 1.54) is 0 Å². The molecule has 4 rings (SSSR count). The van der Waals surface area contributed by atoms with Crippen LogP contribution < -0.4 is 5.32 Å². The Morgan fingerprint density at radius 1 is 1.08 bits per heavy atom. The zero-order valence-electron chi connectivity index (χ0n) is 14.2. The number of hydrogen-bond donors (Lipinski definition) is 2. The molecule has 2 aliphatic rings. The molecule has 25 heavy (non-hydrogen) atoms. The lowest BCUT2D eigenvalue weighted by Gasteiger charge is -2.34. The van der Waals surface area contributed by atoms with Crippen LogP contribution in [-0.2, 0) is 4.79 Å². The number of H-pyrrole nitrogens is 1. The third-order valence-electron chi connectivity index (χ3n) is 5.07. The quantitative estimate of drug-likeness (QED) is 0.880. The minimum absolute atomic E-state index is 0.0713. The van der Waals surface area contributed by atoms with E-state index in [1.54, 1.807) is 0 Å². The van der Waals surface area contributed by atoms with Crippen LogP contribution in [0.2, 0.25) is 0 Å². The molecule has 3 amide bonds. The average Bonchev–Trinajstić information content (AvgIpc) is 3.30. The van der Waals surface area contributed by atoms with Crippen molar-refractivity contribution in [2.45, 2.75) is 25.7 Å². The van der Waals surface area contributed by atoms with Gasteiger partial charge in [-0.1, -0.05) is 12.1 Å². The monoisotopic (exact) mass is 341 g/mol. The van der Waals surface area contributed by atoms with Crippen molar-refractivity contribution in [1.29, 1.82) is 0 Å². The van der Waals surface area contributed by atoms with Gasteiger partial charge in [0.2, 0.25) is 11.9 Å². The van der Waals surface area contributed by atoms with E-state index in [4.69, 9.17) is 0 Å². The van der Waals surface area contributed by atoms with E-state index in [0.717, 1.165) is 56.4 Å². The van der Waals surface area contributed by atoms with Crippen LogP contribution in [0.1, 0.15) is 25.7 Å². The Bertz CT molecular complexity index is 748. The fourth-order valence-corrected chi connectivity index (χ4v) is 3.70. The van der Waals surface area contributed by atoms with Gasteiger partial charge in [0, 0.05) is 26.2 Å². The third-order valence-corrected chi connectivity index (χ3v) is 5.07. The number of para-hydroxylation sites is 2. The first-order valence-corrected chi connectivity index (χ1v) is 9.00. The molecule has 2 fully saturated rings. The summed E-state index contributed by atoms with van der Waals surface area (Å²) in [5.41, 5.74) is 1.72. The minimum atomic E-state index is -0.187. The molecule has 0 spiro atoms. The van der Waals surface area contributed by atoms with Crippen molar-refractivity contribution in [1.82, 2.24) is 19.8 Å². The Morgan fingerprint density at radius 2 is 1.84 bits per heavy atom. The Balaban J connectivity index is 1.40. The molecule has 0 bridgehead atoms. The second-order valence-electron chi connectivity index (χ2n) is 6.85. The molecule has 3 heterocycles. The second-order valence-corrected chi connectivity index (χ2v) is 6.85. The van der Waals surface area contributed by atoms with Crippen molar-refractivity contribution in [3.05, 3.63) is 24.3 Å². The van der Waals surface area contributed by atoms with Gasteiger partial charge in [-0.25, -0.2) is 9.78 Å². The Kier molecular flexibility index (Phi) is 4.29. The highest BCUT2D eigenvalue weighted by Crippen LogP contribution is 2.21. The number of aromatic amines is 1. The van der Waals surface area contributed by atoms with Gasteiger partial charge >= 0.3 is 6.03 Å². The largest absolute Gasteiger partial charge is 0.325 e. The predicted molar refractivity (Wildman–Crippen MR) is 95.2 cm³/mol. The summed E-state index contributed by atoms with van der Waals surface area (Å²) in [6.07, 6.45) is 3.82. The maximum atomic E-state index is 12.6. The van der Waals surface area contributed by atoms with Crippen LogP contribution in [0.5, 0.6) is 0 Å². The third kappa shape index (κ3) is 3.31. The molecular weight excluding hydrogens is 318 g/mol. The van der Waals surface area contributed by atoms with Gasteiger partial charge in [0.1, 0.15) is 0 Å². The van der Waals surface area contributed by atoms with Crippen LogP contribution in [-0.4, -0.2) is 57.9 Å². The molecule has 132 valence electrons. The van der Waals surface area contributed by atoms with Gasteiger partial charge in [0.15, 0.2) is 0 Å². The van der Waals surface area contributed by atoms with Crippen molar-refractivity contribution in [2.75, 3.05) is 31.5 Å². The Labute approximate surface area is 146 Å². The van der Waals surface area contributed by atoms with Gasteiger partial charge in [-0.3, -0.25) is 10.1 Å². The number of rotatable bonds is 2. The number of nitrogens with zero attached hydrogens (tertiary/aromatic N) is 3. The number of likely N-dealkylation sites (tertiary alicyclic amines) is 2. The summed E-state index contributed by atoms with van der Waals surface area (Å²) in [6.45, 7) is 2.90. The number of piperidine rings is 1. The summed E-state index contributed by atoms with van der Waals surface area (Å²) < 4.78 is 0. The first-order valence-electron chi connectivity index (χ1n) is 9.00. The first kappa shape index (κ1) is 15.9. The summed E-state index contributed by atoms with van der Waals surface area (Å²) in [7, 11) is 0. The lowest BCUT2D eigenvalue weighted by molar-refractivity contribution is -0.121. The lowest BCUT2D eigenvalue weighted by atomic mass is 9.97. The highest BCUT2D eigenvalue weighted by atomic mass is 16.2. The summed E-state index contributed by atoms with van der Waals surface area (Å²) in [5.74, 6) is 0.209. The van der Waals surface area contributed by atoms with Crippen molar-refractivity contribution in [3.63, 3.8) is 0 Å². The number of carbonyl (C=O) groups excluding carboxylic acids is 2. The normalized spacial score (nSPS) is 20.9. The van der Waals surface area contributed by atoms with E-state index in [0.29, 0.717) is 12.5 Å². The van der Waals surface area contributed by atoms with Crippen LogP contribution in [0.25, 0.3) is 11.0 Å². The number of benzene rings is 1. The molecule has 0 radical (unpaired) electrons. The molecule has 1 atom stereocenters. The smallest absolute Gasteiger partial charge is 0.320 e. The molecule has 7 nitrogen and oxygen atoms in total. The summed E-state index contributed by atoms with van der Waals surface area (Å²) in [6, 6.07) is 7.75. The van der Waals surface area contributed by atoms with Gasteiger partial charge in [0.25, 0.3) is 0 Å². The first-order chi connectivity index (χ1) is 12.2. The fraction of sp³-hybridized carbons (Fsp3) is 0.500. The highest BCUT2D eigenvalue weighted by molar-refractivity contribution is 5.93. The van der Waals surface area contributed by atoms with Crippen molar-refractivity contribution < 1.29 is 9.59 Å². The second kappa shape index (κ2) is 6.74. The standard InChI is InChI=1S/C18H23N5O2/c24-16(21-17-19-14-7-1-2-8-15(14)20-17)13-6-5-11-23(12-13)18(25)22-9-3-4-10-22/h1-2,7-8,13H,3-6,9-12H2,(H2,19,20,21,24). The van der Waals surface area contributed by atoms with Crippen LogP contribution in [0, 0.1) is 5.92 Å². The molecule has 1 aromatic carbocycles. The van der Waals surface area contributed by atoms with Crippen LogP contribution in [0.15, 0.2) is 24.3 Å². The fourth-order valence-electron chi connectivity index (χ4n) is 3.70. The van der Waals surface area contributed by atoms with Gasteiger partial charge in [-0.05, 0) is 37.8 Å². The molecule has 0 saturated carbocycles. The number of amides is 3. The lowest BCUT2D eigenvalue weighted by Crippen LogP contribution is -2.48. The van der Waals surface area contributed by atoms with E-state index in [9.17, 15) is 9.59 Å². The van der Waals surface area contributed by atoms with E-state index in [1.807, 2.05) is 34.1 Å². The maximum absolute atomic E-state index is 12.6. The number of imidazole rings is 1. The molecular formula is C18H23N5O2. The minimum Gasteiger partial charge on any atom is -0.325 e. The molecule has 0 aliphatic carbocycles. The van der Waals surface area contributed by atoms with Gasteiger partial charge in [0.05, 0.1) is 17.0 Å². The number of nitrogens with one attached hydrogen (secondary N) is 2. The molecule has 1 unspecified atom stereocenters. The summed E-state index contributed by atoms with van der Waals surface area (Å²) in [5, 5.41) is 2.87. The van der Waals surface area contributed by atoms with E-state index < -0.39 is 0 Å². The van der Waals surface area contributed by atoms with E-state index in [2.05, 4.69) is 15.3 Å². The predicted octanol–water partition coefficient (Wildman–Crippen LogP) is 2.43. The van der Waals surface area contributed by atoms with Crippen molar-refractivity contribution >= 4 is 28.9 Å². The number of carbonyl (C=O) groups is 2. The number of anilines is 1. The molecule has 2 aromatic rings. The van der Waals surface area contributed by atoms with Gasteiger partial charge in [-0.15, -0.1) is 0 Å². The average molecular weight is 341 g/mol. The molecule has 2 N–H and O–H groups in total. The van der Waals surface area contributed by atoms with Crippen molar-refractivity contribution in [3.8, 4) is 0 Å². The van der Waals surface area contributed by atoms with Crippen LogP contribution >= 0.6 is 0 Å². The van der Waals surface area contributed by atoms with Crippen LogP contribution in [0.3, 0.4) is 0 Å². The van der Waals surface area contributed by atoms with Gasteiger partial charge < -0.3 is 14.8 Å². The molecule has 2 saturated heterocycles. The number of fused-ring (bicyclic) bond motifs is 1. The molecule has 2 aliphatic heterocycles. The van der Waals surface area contributed by atoms with Crippen molar-refractivity contribution in [2.24, 2.45) is 5.92 Å². The maximum Gasteiger partial charge on any atom is 0.320 e. The number of urea groups is 1. The van der Waals surface area contributed by atoms with E-state index >= 15 is 0 Å². The van der Waals surface area contributed by atoms with Gasteiger partial charge in [-0.2, -0.15) is 0 Å². The number of aromatic nitrogens is 2. The SMILES string of the molecule is O=C(Nc1nc2ccccc2[nH]1)C1CCCN(C(=O)N2CCCC2)C1. The Morgan fingerprint density at radius 3 is 2.64 bits per heavy atom. The topological polar surface area (TPSA) is 81.3 Å². The Hall–Kier alpha value is -2.57. The molecule has 7 heteroatoms. The summed E-state index contributed by atoms with van der Waals surface area (Å²) >= 11 is 0. The zero-order chi connectivity index (χ0) is 17.2. The summed E-state index contributed by atoms with van der Waals surface area (Å²) in [4.78, 5) is 36.4. The highest BCUT2D eigenvalue weighted by Gasteiger charge is 2.31. The number of hydrogen-bond acceptors (Lipinski definition) is 3. The van der Waals surface area contributed by atoms with Crippen LogP contribution in [0.4, 0.5) is 10.7 Å². The molecule has 1 aromatic heterocycles. The zero-order valence-corrected chi connectivity index (χ0v) is 14.2. The van der Waals surface area contributed by atoms with E-state index in [-0.39, 0.29) is 17.9 Å².